The molecular weight excluding hydrogens is 337 g/mol. The van der Waals surface area contributed by atoms with Crippen molar-refractivity contribution in [3.63, 3.8) is 0 Å². The van der Waals surface area contributed by atoms with Gasteiger partial charge in [-0.1, -0.05) is 18.2 Å². The number of nitrogens with one attached hydrogen (secondary N) is 1. The molecular formula is C16H11ClF5N. The molecule has 0 bridgehead atoms. The number of rotatable bonds is 3. The Labute approximate surface area is 134 Å². The van der Waals surface area contributed by atoms with Gasteiger partial charge in [0.05, 0.1) is 16.3 Å². The van der Waals surface area contributed by atoms with Crippen LogP contribution in [-0.4, -0.2) is 0 Å². The molecule has 0 aliphatic rings. The van der Waals surface area contributed by atoms with E-state index in [2.05, 4.69) is 11.9 Å². The molecule has 0 aliphatic heterocycles. The highest BCUT2D eigenvalue weighted by molar-refractivity contribution is 6.33. The van der Waals surface area contributed by atoms with Crippen LogP contribution in [0.25, 0.3) is 5.70 Å². The SMILES string of the molecule is C=C(Nc1ccc(F)cc1F)c1cc(C)cc(C(F)(F)F)c1Cl. The van der Waals surface area contributed by atoms with E-state index in [0.717, 1.165) is 18.2 Å². The molecule has 2 rings (SSSR count). The van der Waals surface area contributed by atoms with Crippen LogP contribution in [0.1, 0.15) is 16.7 Å². The number of alkyl halides is 3. The molecule has 7 heteroatoms. The van der Waals surface area contributed by atoms with E-state index in [-0.39, 0.29) is 16.9 Å². The van der Waals surface area contributed by atoms with E-state index in [9.17, 15) is 22.0 Å². The van der Waals surface area contributed by atoms with Crippen molar-refractivity contribution in [2.75, 3.05) is 5.32 Å². The molecule has 0 heterocycles. The topological polar surface area (TPSA) is 12.0 Å². The first kappa shape index (κ1) is 17.3. The van der Waals surface area contributed by atoms with E-state index in [1.807, 2.05) is 0 Å². The molecule has 0 saturated heterocycles. The molecule has 1 nitrogen and oxygen atoms in total. The third-order valence-electron chi connectivity index (χ3n) is 3.06. The number of aryl methyl sites for hydroxylation is 1. The number of hydrogen-bond donors (Lipinski definition) is 1. The standard InChI is InChI=1S/C16H11ClF5N/c1-8-5-11(15(17)12(6-8)16(20,21)22)9(2)23-14-4-3-10(18)7-13(14)19/h3-7,23H,2H2,1H3. The van der Waals surface area contributed by atoms with Gasteiger partial charge in [-0.3, -0.25) is 0 Å². The lowest BCUT2D eigenvalue weighted by atomic mass is 10.0. The summed E-state index contributed by atoms with van der Waals surface area (Å²) in [7, 11) is 0. The first-order chi connectivity index (χ1) is 10.6. The van der Waals surface area contributed by atoms with Crippen LogP contribution >= 0.6 is 11.6 Å². The van der Waals surface area contributed by atoms with Gasteiger partial charge >= 0.3 is 6.18 Å². The van der Waals surface area contributed by atoms with E-state index in [1.165, 1.54) is 13.0 Å². The van der Waals surface area contributed by atoms with Crippen molar-refractivity contribution in [1.82, 2.24) is 0 Å². The van der Waals surface area contributed by atoms with Gasteiger partial charge in [-0.2, -0.15) is 13.2 Å². The Bertz CT molecular complexity index is 768. The first-order valence-corrected chi connectivity index (χ1v) is 6.76. The van der Waals surface area contributed by atoms with Gasteiger partial charge in [0.2, 0.25) is 0 Å². The zero-order chi connectivity index (χ0) is 17.4. The van der Waals surface area contributed by atoms with Gasteiger partial charge in [0.25, 0.3) is 0 Å². The van der Waals surface area contributed by atoms with Gasteiger partial charge in [0.1, 0.15) is 11.6 Å². The van der Waals surface area contributed by atoms with E-state index in [4.69, 9.17) is 11.6 Å². The summed E-state index contributed by atoms with van der Waals surface area (Å²) < 4.78 is 65.4. The fraction of sp³-hybridized carbons (Fsp3) is 0.125. The molecule has 1 N–H and O–H groups in total. The van der Waals surface area contributed by atoms with Crippen LogP contribution in [0.15, 0.2) is 36.9 Å². The van der Waals surface area contributed by atoms with E-state index < -0.39 is 28.4 Å². The first-order valence-electron chi connectivity index (χ1n) is 6.38. The predicted molar refractivity (Wildman–Crippen MR) is 80.2 cm³/mol. The van der Waals surface area contributed by atoms with Crippen LogP contribution in [-0.2, 0) is 6.18 Å². The summed E-state index contributed by atoms with van der Waals surface area (Å²) in [4.78, 5) is 0. The maximum Gasteiger partial charge on any atom is 0.417 e. The minimum atomic E-state index is -4.63. The van der Waals surface area contributed by atoms with Crippen molar-refractivity contribution in [2.45, 2.75) is 13.1 Å². The van der Waals surface area contributed by atoms with Crippen LogP contribution in [0.3, 0.4) is 0 Å². The molecule has 0 fully saturated rings. The normalized spacial score (nSPS) is 11.4. The van der Waals surface area contributed by atoms with E-state index in [1.54, 1.807) is 0 Å². The molecule has 0 saturated carbocycles. The Morgan fingerprint density at radius 2 is 1.78 bits per heavy atom. The number of benzene rings is 2. The Hall–Kier alpha value is -2.08. The van der Waals surface area contributed by atoms with Gasteiger partial charge in [0, 0.05) is 17.3 Å². The third kappa shape index (κ3) is 3.82. The van der Waals surface area contributed by atoms with Gasteiger partial charge < -0.3 is 5.32 Å². The summed E-state index contributed by atoms with van der Waals surface area (Å²) >= 11 is 5.82. The predicted octanol–water partition coefficient (Wildman–Crippen LogP) is 6.03. The highest BCUT2D eigenvalue weighted by Crippen LogP contribution is 2.39. The number of anilines is 1. The van der Waals surface area contributed by atoms with Crippen LogP contribution in [0.2, 0.25) is 5.02 Å². The average molecular weight is 348 g/mol. The minimum Gasteiger partial charge on any atom is -0.353 e. The van der Waals surface area contributed by atoms with Gasteiger partial charge in [-0.15, -0.1) is 0 Å². The van der Waals surface area contributed by atoms with Crippen LogP contribution in [0.4, 0.5) is 27.6 Å². The van der Waals surface area contributed by atoms with Crippen molar-refractivity contribution in [3.8, 4) is 0 Å². The summed E-state index contributed by atoms with van der Waals surface area (Å²) in [5.74, 6) is -1.67. The molecule has 0 aromatic heterocycles. The van der Waals surface area contributed by atoms with Crippen molar-refractivity contribution in [1.29, 1.82) is 0 Å². The Balaban J connectivity index is 2.42. The van der Waals surface area contributed by atoms with Gasteiger partial charge in [0.15, 0.2) is 0 Å². The van der Waals surface area contributed by atoms with Gasteiger partial charge in [-0.25, -0.2) is 8.78 Å². The summed E-state index contributed by atoms with van der Waals surface area (Å²) in [6.07, 6.45) is -4.63. The average Bonchev–Trinajstić information content (AvgIpc) is 2.42. The smallest absolute Gasteiger partial charge is 0.353 e. The molecule has 23 heavy (non-hydrogen) atoms. The largest absolute Gasteiger partial charge is 0.417 e. The zero-order valence-corrected chi connectivity index (χ0v) is 12.6. The molecule has 2 aromatic rings. The van der Waals surface area contributed by atoms with Crippen LogP contribution in [0.5, 0.6) is 0 Å². The zero-order valence-electron chi connectivity index (χ0n) is 11.9. The fourth-order valence-electron chi connectivity index (χ4n) is 2.02. The molecule has 0 radical (unpaired) electrons. The molecule has 122 valence electrons. The second-order valence-corrected chi connectivity index (χ2v) is 5.28. The number of hydrogen-bond acceptors (Lipinski definition) is 1. The third-order valence-corrected chi connectivity index (χ3v) is 3.47. The highest BCUT2D eigenvalue weighted by Gasteiger charge is 2.34. The molecule has 0 aliphatic carbocycles. The fourth-order valence-corrected chi connectivity index (χ4v) is 2.35. The lowest BCUT2D eigenvalue weighted by molar-refractivity contribution is -0.137. The van der Waals surface area contributed by atoms with E-state index >= 15 is 0 Å². The number of halogens is 6. The van der Waals surface area contributed by atoms with Crippen LogP contribution < -0.4 is 5.32 Å². The summed E-state index contributed by atoms with van der Waals surface area (Å²) in [6, 6.07) is 5.09. The molecule has 0 unspecified atom stereocenters. The summed E-state index contributed by atoms with van der Waals surface area (Å²) in [6.45, 7) is 5.06. The van der Waals surface area contributed by atoms with E-state index in [0.29, 0.717) is 11.6 Å². The summed E-state index contributed by atoms with van der Waals surface area (Å²) in [5.41, 5.74) is -0.851. The maximum absolute atomic E-state index is 13.6. The molecule has 0 spiro atoms. The van der Waals surface area contributed by atoms with Crippen molar-refractivity contribution in [3.05, 3.63) is 70.3 Å². The van der Waals surface area contributed by atoms with Crippen LogP contribution in [0, 0.1) is 18.6 Å². The molecule has 0 atom stereocenters. The minimum absolute atomic E-state index is 0.0114. The lowest BCUT2D eigenvalue weighted by Crippen LogP contribution is -2.09. The Kier molecular flexibility index (Phi) is 4.66. The lowest BCUT2D eigenvalue weighted by Gasteiger charge is -2.17. The Morgan fingerprint density at radius 3 is 2.35 bits per heavy atom. The van der Waals surface area contributed by atoms with Crippen molar-refractivity contribution < 1.29 is 22.0 Å². The maximum atomic E-state index is 13.6. The summed E-state index contributed by atoms with van der Waals surface area (Å²) in [5, 5.41) is 1.97. The Morgan fingerprint density at radius 1 is 1.13 bits per heavy atom. The quantitative estimate of drug-likeness (QED) is 0.669. The monoisotopic (exact) mass is 347 g/mol. The highest BCUT2D eigenvalue weighted by atomic mass is 35.5. The molecule has 2 aromatic carbocycles. The van der Waals surface area contributed by atoms with Gasteiger partial charge in [-0.05, 0) is 36.8 Å². The second kappa shape index (κ2) is 6.20. The van der Waals surface area contributed by atoms with Crippen molar-refractivity contribution in [2.24, 2.45) is 0 Å². The van der Waals surface area contributed by atoms with Crippen molar-refractivity contribution >= 4 is 23.0 Å². The second-order valence-electron chi connectivity index (χ2n) is 4.90. The molecule has 0 amide bonds.